The minimum Gasteiger partial charge on any atom is -0.303 e. The van der Waals surface area contributed by atoms with Crippen LogP contribution in [0.2, 0.25) is 0 Å². The predicted molar refractivity (Wildman–Crippen MR) is 105 cm³/mol. The Kier molecular flexibility index (Phi) is 6.80. The van der Waals surface area contributed by atoms with Crippen molar-refractivity contribution < 1.29 is 4.79 Å². The zero-order valence-corrected chi connectivity index (χ0v) is 16.8. The molecule has 4 heteroatoms. The van der Waals surface area contributed by atoms with Crippen LogP contribution in [0.25, 0.3) is 0 Å². The van der Waals surface area contributed by atoms with Crippen molar-refractivity contribution in [2.75, 3.05) is 19.6 Å². The van der Waals surface area contributed by atoms with Crippen LogP contribution in [0.5, 0.6) is 0 Å². The average Bonchev–Trinajstić information content (AvgIpc) is 2.68. The van der Waals surface area contributed by atoms with Crippen LogP contribution in [0.15, 0.2) is 12.4 Å². The van der Waals surface area contributed by atoms with E-state index in [1.807, 2.05) is 26.2 Å². The van der Waals surface area contributed by atoms with Gasteiger partial charge in [-0.15, -0.1) is 0 Å². The average molecular weight is 358 g/mol. The van der Waals surface area contributed by atoms with Gasteiger partial charge in [-0.2, -0.15) is 0 Å². The van der Waals surface area contributed by atoms with Crippen molar-refractivity contribution in [1.82, 2.24) is 14.9 Å². The Labute approximate surface area is 158 Å². The van der Waals surface area contributed by atoms with Gasteiger partial charge in [0.05, 0.1) is 0 Å². The number of aromatic nitrogens is 2. The molecular formula is C22H35N3O. The SMILES string of the molecule is CCc1ncc(C2CCN(CC3CCC(C(=O)C(C)C)CC3)CC2)cn1. The number of aryl methyl sites for hydroxylation is 1. The number of carbonyl (C=O) groups is 1. The molecule has 2 fully saturated rings. The lowest BCUT2D eigenvalue weighted by Gasteiger charge is -2.36. The molecule has 0 bridgehead atoms. The monoisotopic (exact) mass is 357 g/mol. The lowest BCUT2D eigenvalue weighted by atomic mass is 9.77. The number of piperidine rings is 1. The molecule has 1 aliphatic heterocycles. The van der Waals surface area contributed by atoms with Gasteiger partial charge in [0, 0.05) is 37.2 Å². The highest BCUT2D eigenvalue weighted by atomic mass is 16.1. The molecule has 0 unspecified atom stereocenters. The van der Waals surface area contributed by atoms with E-state index >= 15 is 0 Å². The van der Waals surface area contributed by atoms with E-state index in [1.54, 1.807) is 0 Å². The van der Waals surface area contributed by atoms with Gasteiger partial charge in [0.2, 0.25) is 0 Å². The van der Waals surface area contributed by atoms with Gasteiger partial charge >= 0.3 is 0 Å². The molecule has 26 heavy (non-hydrogen) atoms. The van der Waals surface area contributed by atoms with Gasteiger partial charge in [-0.05, 0) is 69.0 Å². The summed E-state index contributed by atoms with van der Waals surface area (Å²) in [5.74, 6) is 3.37. The maximum Gasteiger partial charge on any atom is 0.138 e. The molecule has 1 saturated carbocycles. The number of hydrogen-bond acceptors (Lipinski definition) is 4. The van der Waals surface area contributed by atoms with Crippen molar-refractivity contribution in [3.63, 3.8) is 0 Å². The smallest absolute Gasteiger partial charge is 0.138 e. The first-order chi connectivity index (χ1) is 12.6. The molecule has 0 radical (unpaired) electrons. The predicted octanol–water partition coefficient (Wildman–Crippen LogP) is 4.25. The second kappa shape index (κ2) is 9.07. The van der Waals surface area contributed by atoms with Crippen molar-refractivity contribution >= 4 is 5.78 Å². The molecule has 1 saturated heterocycles. The van der Waals surface area contributed by atoms with Gasteiger partial charge in [-0.3, -0.25) is 4.79 Å². The highest BCUT2D eigenvalue weighted by molar-refractivity contribution is 5.82. The number of carbonyl (C=O) groups excluding carboxylic acids is 1. The minimum atomic E-state index is 0.200. The van der Waals surface area contributed by atoms with E-state index < -0.39 is 0 Å². The zero-order valence-electron chi connectivity index (χ0n) is 16.8. The molecule has 2 heterocycles. The summed E-state index contributed by atoms with van der Waals surface area (Å²) in [6.45, 7) is 9.77. The van der Waals surface area contributed by atoms with Crippen molar-refractivity contribution in [3.05, 3.63) is 23.8 Å². The third kappa shape index (κ3) is 4.91. The minimum absolute atomic E-state index is 0.200. The van der Waals surface area contributed by atoms with Crippen LogP contribution in [0.3, 0.4) is 0 Å². The number of Topliss-reactive ketones (excluding diaryl/α,β-unsaturated/α-hetero) is 1. The fourth-order valence-electron chi connectivity index (χ4n) is 4.67. The normalized spacial score (nSPS) is 25.5. The van der Waals surface area contributed by atoms with Gasteiger partial charge in [-0.1, -0.05) is 20.8 Å². The van der Waals surface area contributed by atoms with Crippen molar-refractivity contribution in [2.45, 2.75) is 71.6 Å². The number of rotatable bonds is 6. The van der Waals surface area contributed by atoms with E-state index in [0.29, 0.717) is 17.6 Å². The number of ketones is 1. The molecule has 0 N–H and O–H groups in total. The van der Waals surface area contributed by atoms with E-state index in [9.17, 15) is 4.79 Å². The van der Waals surface area contributed by atoms with Gasteiger partial charge in [0.25, 0.3) is 0 Å². The molecule has 0 aromatic carbocycles. The summed E-state index contributed by atoms with van der Waals surface area (Å²) in [5, 5.41) is 0. The Morgan fingerprint density at radius 2 is 1.69 bits per heavy atom. The molecule has 0 atom stereocenters. The van der Waals surface area contributed by atoms with E-state index in [4.69, 9.17) is 0 Å². The van der Waals surface area contributed by atoms with Gasteiger partial charge in [-0.25, -0.2) is 9.97 Å². The van der Waals surface area contributed by atoms with E-state index in [-0.39, 0.29) is 5.92 Å². The summed E-state index contributed by atoms with van der Waals surface area (Å²) < 4.78 is 0. The molecule has 4 nitrogen and oxygen atoms in total. The van der Waals surface area contributed by atoms with E-state index in [1.165, 1.54) is 50.9 Å². The topological polar surface area (TPSA) is 46.1 Å². The van der Waals surface area contributed by atoms with Crippen LogP contribution in [-0.4, -0.2) is 40.3 Å². The first kappa shape index (κ1) is 19.5. The van der Waals surface area contributed by atoms with E-state index in [2.05, 4.69) is 21.8 Å². The summed E-state index contributed by atoms with van der Waals surface area (Å²) in [5.41, 5.74) is 1.31. The Bertz CT molecular complexity index is 568. The molecule has 1 aliphatic carbocycles. The summed E-state index contributed by atoms with van der Waals surface area (Å²) in [6, 6.07) is 0. The number of likely N-dealkylation sites (tertiary alicyclic amines) is 1. The highest BCUT2D eigenvalue weighted by Gasteiger charge is 2.29. The first-order valence-electron chi connectivity index (χ1n) is 10.6. The largest absolute Gasteiger partial charge is 0.303 e. The standard InChI is InChI=1S/C22H35N3O/c1-4-21-23-13-20(14-24-21)18-9-11-25(12-10-18)15-17-5-7-19(8-6-17)22(26)16(2)3/h13-14,16-19H,4-12,15H2,1-3H3. The summed E-state index contributed by atoms with van der Waals surface area (Å²) >= 11 is 0. The molecule has 2 aliphatic rings. The maximum absolute atomic E-state index is 12.2. The maximum atomic E-state index is 12.2. The third-order valence-electron chi connectivity index (χ3n) is 6.44. The molecule has 1 aromatic rings. The van der Waals surface area contributed by atoms with Crippen LogP contribution < -0.4 is 0 Å². The quantitative estimate of drug-likeness (QED) is 0.763. The summed E-state index contributed by atoms with van der Waals surface area (Å²) in [7, 11) is 0. The second-order valence-electron chi connectivity index (χ2n) is 8.64. The van der Waals surface area contributed by atoms with Gasteiger partial charge in [0.1, 0.15) is 11.6 Å². The summed E-state index contributed by atoms with van der Waals surface area (Å²) in [6.07, 6.45) is 12.1. The molecular weight excluding hydrogens is 322 g/mol. The number of hydrogen-bond donors (Lipinski definition) is 0. The third-order valence-corrected chi connectivity index (χ3v) is 6.44. The van der Waals surface area contributed by atoms with Crippen LogP contribution in [0, 0.1) is 17.8 Å². The fraction of sp³-hybridized carbons (Fsp3) is 0.773. The lowest BCUT2D eigenvalue weighted by Crippen LogP contribution is -2.38. The Hall–Kier alpha value is -1.29. The van der Waals surface area contributed by atoms with Gasteiger partial charge in [0.15, 0.2) is 0 Å². The second-order valence-corrected chi connectivity index (χ2v) is 8.64. The Morgan fingerprint density at radius 1 is 1.08 bits per heavy atom. The van der Waals surface area contributed by atoms with Gasteiger partial charge < -0.3 is 4.90 Å². The van der Waals surface area contributed by atoms with Crippen LogP contribution in [0.1, 0.15) is 76.6 Å². The Balaban J connectivity index is 1.41. The Morgan fingerprint density at radius 3 is 2.23 bits per heavy atom. The van der Waals surface area contributed by atoms with Crippen molar-refractivity contribution in [2.24, 2.45) is 17.8 Å². The van der Waals surface area contributed by atoms with Crippen LogP contribution in [-0.2, 0) is 11.2 Å². The summed E-state index contributed by atoms with van der Waals surface area (Å²) in [4.78, 5) is 23.8. The zero-order chi connectivity index (χ0) is 18.5. The molecule has 3 rings (SSSR count). The molecule has 144 valence electrons. The molecule has 0 spiro atoms. The van der Waals surface area contributed by atoms with Crippen LogP contribution in [0.4, 0.5) is 0 Å². The first-order valence-corrected chi connectivity index (χ1v) is 10.6. The van der Waals surface area contributed by atoms with E-state index in [0.717, 1.165) is 31.0 Å². The lowest BCUT2D eigenvalue weighted by molar-refractivity contribution is -0.127. The number of nitrogens with zero attached hydrogens (tertiary/aromatic N) is 3. The molecule has 1 aromatic heterocycles. The highest BCUT2D eigenvalue weighted by Crippen LogP contribution is 2.33. The van der Waals surface area contributed by atoms with Crippen molar-refractivity contribution in [3.8, 4) is 0 Å². The fourth-order valence-corrected chi connectivity index (χ4v) is 4.67. The van der Waals surface area contributed by atoms with Crippen LogP contribution >= 0.6 is 0 Å². The van der Waals surface area contributed by atoms with Crippen molar-refractivity contribution in [1.29, 1.82) is 0 Å². The molecule has 0 amide bonds.